The second-order valence-corrected chi connectivity index (χ2v) is 4.37. The predicted molar refractivity (Wildman–Crippen MR) is 47.8 cm³/mol. The van der Waals surface area contributed by atoms with Gasteiger partial charge in [-0.2, -0.15) is 0 Å². The average molecular weight is 246 g/mol. The molecule has 0 aliphatic rings. The monoisotopic (exact) mass is 248 g/mol. The van der Waals surface area contributed by atoms with Crippen LogP contribution < -0.4 is 3.61 Å². The normalized spacial score (nSPS) is 9.30. The van der Waals surface area contributed by atoms with E-state index in [1.807, 2.05) is 6.08 Å². The van der Waals surface area contributed by atoms with Gasteiger partial charge in [0, 0.05) is 0 Å². The summed E-state index contributed by atoms with van der Waals surface area (Å²) in [7, 11) is 0. The molecular formula is C9H10Te. The van der Waals surface area contributed by atoms with Crippen LogP contribution in [0.4, 0.5) is 0 Å². The third-order valence-electron chi connectivity index (χ3n) is 1.36. The molecule has 0 unspecified atom stereocenters. The van der Waals surface area contributed by atoms with E-state index in [0.717, 1.165) is 0 Å². The average Bonchev–Trinajstić information content (AvgIpc) is 2.04. The predicted octanol–water partition coefficient (Wildman–Crippen LogP) is 1.71. The molecule has 0 fully saturated rings. The number of benzene rings is 1. The van der Waals surface area contributed by atoms with Gasteiger partial charge in [0.25, 0.3) is 0 Å². The Hall–Kier alpha value is -0.250. The molecule has 0 atom stereocenters. The van der Waals surface area contributed by atoms with E-state index in [9.17, 15) is 0 Å². The summed E-state index contributed by atoms with van der Waals surface area (Å²) in [5, 5.41) is 0. The van der Waals surface area contributed by atoms with Crippen LogP contribution in [-0.2, 0) is 0 Å². The molecule has 52 valence electrons. The van der Waals surface area contributed by atoms with Gasteiger partial charge in [0.05, 0.1) is 0 Å². The zero-order valence-corrected chi connectivity index (χ0v) is 8.33. The molecule has 0 spiro atoms. The van der Waals surface area contributed by atoms with Crippen LogP contribution in [0.3, 0.4) is 0 Å². The van der Waals surface area contributed by atoms with E-state index in [1.54, 1.807) is 0 Å². The summed E-state index contributed by atoms with van der Waals surface area (Å²) in [6.07, 6.45) is 1.93. The van der Waals surface area contributed by atoms with Gasteiger partial charge in [0.2, 0.25) is 0 Å². The summed E-state index contributed by atoms with van der Waals surface area (Å²) in [6, 6.07) is 8.47. The molecule has 0 aromatic heterocycles. The summed E-state index contributed by atoms with van der Waals surface area (Å²) in [5.74, 6) is 0. The summed E-state index contributed by atoms with van der Waals surface area (Å²) in [6.45, 7) is 3.76. The van der Waals surface area contributed by atoms with Gasteiger partial charge in [-0.15, -0.1) is 0 Å². The fourth-order valence-electron chi connectivity index (χ4n) is 0.835. The van der Waals surface area contributed by atoms with Crippen molar-refractivity contribution in [1.82, 2.24) is 0 Å². The Kier molecular flexibility index (Phi) is 2.99. The Labute approximate surface area is 72.0 Å². The molecule has 1 rings (SSSR count). The number of rotatable bonds is 2. The Morgan fingerprint density at radius 2 is 2.10 bits per heavy atom. The van der Waals surface area contributed by atoms with Crippen molar-refractivity contribution in [2.24, 2.45) is 0 Å². The zero-order chi connectivity index (χ0) is 7.40. The van der Waals surface area contributed by atoms with Crippen molar-refractivity contribution < 1.29 is 0 Å². The first-order valence-corrected chi connectivity index (χ1v) is 6.63. The summed E-state index contributed by atoms with van der Waals surface area (Å²) >= 11 is 0.0509. The summed E-state index contributed by atoms with van der Waals surface area (Å²) in [4.78, 5) is 2.29. The van der Waals surface area contributed by atoms with Crippen LogP contribution in [0.5, 0.6) is 0 Å². The van der Waals surface area contributed by atoms with Gasteiger partial charge in [-0.05, 0) is 0 Å². The maximum absolute atomic E-state index is 3.76. The second kappa shape index (κ2) is 3.81. The van der Waals surface area contributed by atoms with E-state index >= 15 is 0 Å². The standard InChI is InChI=1S/C9H10Te/c1-3-8-6-4-5-7-9(8)10-2/h3-7H,1H2,2H3. The van der Waals surface area contributed by atoms with Gasteiger partial charge in [0.15, 0.2) is 0 Å². The van der Waals surface area contributed by atoms with Gasteiger partial charge in [-0.25, -0.2) is 0 Å². The SMILES string of the molecule is C=Cc1ccccc1[Te]C. The molecule has 0 N–H and O–H groups in total. The van der Waals surface area contributed by atoms with Gasteiger partial charge in [0.1, 0.15) is 0 Å². The molecule has 0 saturated heterocycles. The zero-order valence-electron chi connectivity index (χ0n) is 6.00. The van der Waals surface area contributed by atoms with Crippen molar-refractivity contribution in [3.63, 3.8) is 0 Å². The van der Waals surface area contributed by atoms with E-state index in [0.29, 0.717) is 0 Å². The van der Waals surface area contributed by atoms with E-state index in [2.05, 4.69) is 35.8 Å². The molecule has 10 heavy (non-hydrogen) atoms. The van der Waals surface area contributed by atoms with Crippen molar-refractivity contribution >= 4 is 30.6 Å². The van der Waals surface area contributed by atoms with Crippen LogP contribution in [0.25, 0.3) is 6.08 Å². The molecule has 0 amide bonds. The van der Waals surface area contributed by atoms with Crippen LogP contribution >= 0.6 is 0 Å². The Bertz CT molecular complexity index is 228. The Balaban J connectivity index is 3.08. The van der Waals surface area contributed by atoms with Gasteiger partial charge >= 0.3 is 72.0 Å². The molecular weight excluding hydrogens is 236 g/mol. The van der Waals surface area contributed by atoms with Crippen LogP contribution in [-0.4, -0.2) is 20.9 Å². The molecule has 1 heteroatoms. The molecule has 0 heterocycles. The first-order valence-electron chi connectivity index (χ1n) is 3.14. The molecule has 1 aromatic rings. The van der Waals surface area contributed by atoms with Crippen LogP contribution in [0.2, 0.25) is 4.97 Å². The summed E-state index contributed by atoms with van der Waals surface area (Å²) < 4.78 is 1.50. The Morgan fingerprint density at radius 3 is 2.60 bits per heavy atom. The van der Waals surface area contributed by atoms with Crippen LogP contribution in [0.15, 0.2) is 30.8 Å². The van der Waals surface area contributed by atoms with Crippen LogP contribution in [0.1, 0.15) is 5.56 Å². The van der Waals surface area contributed by atoms with Gasteiger partial charge in [-0.3, -0.25) is 0 Å². The maximum atomic E-state index is 3.76. The molecule has 0 saturated carbocycles. The fraction of sp³-hybridized carbons (Fsp3) is 0.111. The van der Waals surface area contributed by atoms with Crippen molar-refractivity contribution in [2.45, 2.75) is 4.97 Å². The number of hydrogen-bond acceptors (Lipinski definition) is 0. The molecule has 0 aliphatic carbocycles. The molecule has 0 aliphatic heterocycles. The van der Waals surface area contributed by atoms with Crippen LogP contribution in [0, 0.1) is 0 Å². The minimum absolute atomic E-state index is 0.0509. The minimum atomic E-state index is 0.0509. The quantitative estimate of drug-likeness (QED) is 0.696. The van der Waals surface area contributed by atoms with E-state index in [4.69, 9.17) is 0 Å². The first-order chi connectivity index (χ1) is 4.88. The fourth-order valence-corrected chi connectivity index (χ4v) is 2.55. The van der Waals surface area contributed by atoms with E-state index < -0.39 is 0 Å². The van der Waals surface area contributed by atoms with Crippen molar-refractivity contribution in [3.05, 3.63) is 36.4 Å². The Morgan fingerprint density at radius 1 is 1.40 bits per heavy atom. The van der Waals surface area contributed by atoms with Gasteiger partial charge < -0.3 is 0 Å². The van der Waals surface area contributed by atoms with Crippen molar-refractivity contribution in [3.8, 4) is 0 Å². The van der Waals surface area contributed by atoms with E-state index in [1.165, 1.54) is 9.17 Å². The van der Waals surface area contributed by atoms with Gasteiger partial charge in [-0.1, -0.05) is 0 Å². The molecule has 0 radical (unpaired) electrons. The van der Waals surface area contributed by atoms with Crippen molar-refractivity contribution in [1.29, 1.82) is 0 Å². The molecule has 0 nitrogen and oxygen atoms in total. The first kappa shape index (κ1) is 7.85. The topological polar surface area (TPSA) is 0 Å². The summed E-state index contributed by atoms with van der Waals surface area (Å²) in [5.41, 5.74) is 1.31. The number of hydrogen-bond donors (Lipinski definition) is 0. The second-order valence-electron chi connectivity index (χ2n) is 1.95. The van der Waals surface area contributed by atoms with E-state index in [-0.39, 0.29) is 20.9 Å². The van der Waals surface area contributed by atoms with Crippen molar-refractivity contribution in [2.75, 3.05) is 0 Å². The molecule has 1 aromatic carbocycles. The third kappa shape index (κ3) is 1.62. The molecule has 0 bridgehead atoms. The third-order valence-corrected chi connectivity index (χ3v) is 3.68.